The molecule has 17 heavy (non-hydrogen) atoms. The van der Waals surface area contributed by atoms with Crippen LogP contribution in [0, 0.1) is 5.82 Å². The molecule has 0 saturated heterocycles. The number of methoxy groups -OCH3 is 1. The second-order valence-corrected chi connectivity index (χ2v) is 4.70. The van der Waals surface area contributed by atoms with Crippen molar-refractivity contribution in [3.8, 4) is 5.75 Å². The zero-order valence-electron chi connectivity index (χ0n) is 9.08. The van der Waals surface area contributed by atoms with Crippen molar-refractivity contribution in [3.05, 3.63) is 51.5 Å². The number of rotatable bonds is 3. The first-order chi connectivity index (χ1) is 8.11. The third-order valence-corrected chi connectivity index (χ3v) is 3.64. The highest BCUT2D eigenvalue weighted by Crippen LogP contribution is 2.25. The van der Waals surface area contributed by atoms with Gasteiger partial charge in [0.1, 0.15) is 10.4 Å². The van der Waals surface area contributed by atoms with Crippen LogP contribution in [0.4, 0.5) is 4.39 Å². The molecule has 0 unspecified atom stereocenters. The highest BCUT2D eigenvalue weighted by atomic mass is 79.9. The van der Waals surface area contributed by atoms with Crippen LogP contribution in [0.3, 0.4) is 0 Å². The minimum Gasteiger partial charge on any atom is -0.497 e. The molecule has 2 rings (SSSR count). The van der Waals surface area contributed by atoms with Crippen molar-refractivity contribution in [3.63, 3.8) is 0 Å². The van der Waals surface area contributed by atoms with Gasteiger partial charge in [0.15, 0.2) is 5.82 Å². The lowest BCUT2D eigenvalue weighted by Crippen LogP contribution is -1.99. The summed E-state index contributed by atoms with van der Waals surface area (Å²) in [6.07, 6.45) is 1.67. The van der Waals surface area contributed by atoms with Gasteiger partial charge in [0.2, 0.25) is 0 Å². The van der Waals surface area contributed by atoms with Crippen LogP contribution in [-0.4, -0.2) is 11.7 Å². The molecule has 2 aromatic rings. The molecule has 0 bridgehead atoms. The van der Waals surface area contributed by atoms with Gasteiger partial charge < -0.3 is 9.30 Å². The van der Waals surface area contributed by atoms with E-state index >= 15 is 0 Å². The number of aromatic nitrogens is 1. The maximum atomic E-state index is 13.1. The molecule has 0 radical (unpaired) electrons. The van der Waals surface area contributed by atoms with Gasteiger partial charge in [0.25, 0.3) is 0 Å². The molecule has 0 aliphatic rings. The highest BCUT2D eigenvalue weighted by molar-refractivity contribution is 9.10. The molecule has 0 N–H and O–H groups in total. The van der Waals surface area contributed by atoms with Gasteiger partial charge in [-0.1, -0.05) is 17.7 Å². The molecule has 0 amide bonds. The van der Waals surface area contributed by atoms with E-state index in [4.69, 9.17) is 16.3 Å². The van der Waals surface area contributed by atoms with E-state index in [9.17, 15) is 4.39 Å². The Balaban J connectivity index is 2.27. The SMILES string of the molecule is COc1ccc(Cn2ccc(F)c2Br)c(Cl)c1. The van der Waals surface area contributed by atoms with Crippen molar-refractivity contribution in [1.29, 1.82) is 0 Å². The van der Waals surface area contributed by atoms with Gasteiger partial charge in [0, 0.05) is 17.8 Å². The molecule has 0 saturated carbocycles. The third-order valence-electron chi connectivity index (χ3n) is 2.45. The summed E-state index contributed by atoms with van der Waals surface area (Å²) in [5.74, 6) is 0.422. The third kappa shape index (κ3) is 2.64. The lowest BCUT2D eigenvalue weighted by molar-refractivity contribution is 0.414. The first kappa shape index (κ1) is 12.5. The molecule has 5 heteroatoms. The fourth-order valence-corrected chi connectivity index (χ4v) is 2.12. The average molecular weight is 319 g/mol. The average Bonchev–Trinajstić information content (AvgIpc) is 2.63. The summed E-state index contributed by atoms with van der Waals surface area (Å²) in [7, 11) is 1.59. The first-order valence-corrected chi connectivity index (χ1v) is 6.11. The molecule has 90 valence electrons. The van der Waals surface area contributed by atoms with Gasteiger partial charge in [-0.15, -0.1) is 0 Å². The van der Waals surface area contributed by atoms with E-state index in [0.717, 1.165) is 5.56 Å². The molecule has 0 atom stereocenters. The molecule has 1 heterocycles. The summed E-state index contributed by atoms with van der Waals surface area (Å²) in [4.78, 5) is 0. The Hall–Kier alpha value is -1.00. The van der Waals surface area contributed by atoms with Crippen molar-refractivity contribution in [2.45, 2.75) is 6.54 Å². The maximum Gasteiger partial charge on any atom is 0.155 e. The van der Waals surface area contributed by atoms with Gasteiger partial charge >= 0.3 is 0 Å². The van der Waals surface area contributed by atoms with E-state index in [1.54, 1.807) is 23.9 Å². The lowest BCUT2D eigenvalue weighted by Gasteiger charge is -2.08. The van der Waals surface area contributed by atoms with Gasteiger partial charge in [-0.25, -0.2) is 4.39 Å². The van der Waals surface area contributed by atoms with E-state index in [1.165, 1.54) is 6.07 Å². The predicted octanol–water partition coefficient (Wildman–Crippen LogP) is 4.10. The summed E-state index contributed by atoms with van der Waals surface area (Å²) < 4.78 is 20.4. The molecule has 0 aliphatic heterocycles. The number of halogens is 3. The quantitative estimate of drug-likeness (QED) is 0.831. The van der Waals surface area contributed by atoms with Crippen LogP contribution < -0.4 is 4.74 Å². The van der Waals surface area contributed by atoms with Crippen LogP contribution in [0.1, 0.15) is 5.56 Å². The summed E-state index contributed by atoms with van der Waals surface area (Å²) in [5, 5.41) is 0.602. The monoisotopic (exact) mass is 317 g/mol. The van der Waals surface area contributed by atoms with Crippen molar-refractivity contribution in [1.82, 2.24) is 4.57 Å². The lowest BCUT2D eigenvalue weighted by atomic mass is 10.2. The van der Waals surface area contributed by atoms with Crippen molar-refractivity contribution in [2.24, 2.45) is 0 Å². The molecule has 1 aromatic heterocycles. The van der Waals surface area contributed by atoms with Gasteiger partial charge in [0.05, 0.1) is 7.11 Å². The fraction of sp³-hybridized carbons (Fsp3) is 0.167. The Kier molecular flexibility index (Phi) is 3.74. The van der Waals surface area contributed by atoms with Crippen molar-refractivity contribution < 1.29 is 9.13 Å². The van der Waals surface area contributed by atoms with E-state index in [2.05, 4.69) is 15.9 Å². The van der Waals surface area contributed by atoms with Gasteiger partial charge in [-0.3, -0.25) is 0 Å². The largest absolute Gasteiger partial charge is 0.497 e. The number of hydrogen-bond donors (Lipinski definition) is 0. The normalized spacial score (nSPS) is 10.6. The molecule has 2 nitrogen and oxygen atoms in total. The van der Waals surface area contributed by atoms with E-state index in [0.29, 0.717) is 21.9 Å². The predicted molar refractivity (Wildman–Crippen MR) is 69.2 cm³/mol. The zero-order chi connectivity index (χ0) is 12.4. The van der Waals surface area contributed by atoms with Crippen molar-refractivity contribution >= 4 is 27.5 Å². The van der Waals surface area contributed by atoms with Crippen LogP contribution in [0.2, 0.25) is 5.02 Å². The topological polar surface area (TPSA) is 14.2 Å². The minimum absolute atomic E-state index is 0.283. The Labute approximate surface area is 112 Å². The Morgan fingerprint density at radius 3 is 2.71 bits per heavy atom. The molecule has 0 aliphatic carbocycles. The molecular weight excluding hydrogens is 308 g/mol. The van der Waals surface area contributed by atoms with Gasteiger partial charge in [-0.05, 0) is 39.7 Å². The summed E-state index contributed by atoms with van der Waals surface area (Å²) in [5.41, 5.74) is 0.906. The number of hydrogen-bond acceptors (Lipinski definition) is 1. The molecular formula is C12H10BrClFNO. The summed E-state index contributed by atoms with van der Waals surface area (Å²) in [6, 6.07) is 6.84. The van der Waals surface area contributed by atoms with E-state index in [-0.39, 0.29) is 5.82 Å². The van der Waals surface area contributed by atoms with E-state index < -0.39 is 0 Å². The molecule has 0 spiro atoms. The summed E-state index contributed by atoms with van der Waals surface area (Å²) in [6.45, 7) is 0.507. The van der Waals surface area contributed by atoms with Gasteiger partial charge in [-0.2, -0.15) is 0 Å². The van der Waals surface area contributed by atoms with Crippen molar-refractivity contribution in [2.75, 3.05) is 7.11 Å². The number of ether oxygens (including phenoxy) is 1. The van der Waals surface area contributed by atoms with Crippen LogP contribution in [0.15, 0.2) is 35.1 Å². The highest BCUT2D eigenvalue weighted by Gasteiger charge is 2.08. The smallest absolute Gasteiger partial charge is 0.155 e. The first-order valence-electron chi connectivity index (χ1n) is 4.94. The number of nitrogens with zero attached hydrogens (tertiary/aromatic N) is 1. The van der Waals surface area contributed by atoms with Crippen LogP contribution in [0.25, 0.3) is 0 Å². The maximum absolute atomic E-state index is 13.1. The summed E-state index contributed by atoms with van der Waals surface area (Å²) >= 11 is 9.30. The van der Waals surface area contributed by atoms with Crippen LogP contribution in [0.5, 0.6) is 5.75 Å². The Bertz CT molecular complexity index is 541. The second kappa shape index (κ2) is 5.10. The minimum atomic E-state index is -0.283. The fourth-order valence-electron chi connectivity index (χ4n) is 1.52. The molecule has 0 fully saturated rings. The van der Waals surface area contributed by atoms with Crippen LogP contribution >= 0.6 is 27.5 Å². The van der Waals surface area contributed by atoms with Crippen LogP contribution in [-0.2, 0) is 6.54 Å². The Morgan fingerprint density at radius 2 is 2.18 bits per heavy atom. The standard InChI is InChI=1S/C12H10BrClFNO/c1-17-9-3-2-8(10(14)6-9)7-16-5-4-11(15)12(16)13/h2-6H,7H2,1H3. The molecule has 1 aromatic carbocycles. The Morgan fingerprint density at radius 1 is 1.41 bits per heavy atom. The number of benzene rings is 1. The van der Waals surface area contributed by atoms with E-state index in [1.807, 2.05) is 12.1 Å². The second-order valence-electron chi connectivity index (χ2n) is 3.54. The zero-order valence-corrected chi connectivity index (χ0v) is 11.4.